The number of ether oxygens (including phenoxy) is 1. The lowest BCUT2D eigenvalue weighted by atomic mass is 10.1. The lowest BCUT2D eigenvalue weighted by Crippen LogP contribution is -2.42. The van der Waals surface area contributed by atoms with Crippen molar-refractivity contribution < 1.29 is 14.2 Å². The van der Waals surface area contributed by atoms with E-state index in [-0.39, 0.29) is 12.4 Å². The summed E-state index contributed by atoms with van der Waals surface area (Å²) in [5.74, 6) is 0.0225. The molecule has 0 heterocycles. The van der Waals surface area contributed by atoms with Crippen molar-refractivity contribution in [2.24, 2.45) is 0 Å². The normalized spacial score (nSPS) is 14.4. The van der Waals surface area contributed by atoms with Gasteiger partial charge >= 0.3 is 0 Å². The van der Waals surface area contributed by atoms with Gasteiger partial charge in [0.15, 0.2) is 0 Å². The first-order chi connectivity index (χ1) is 7.93. The highest BCUT2D eigenvalue weighted by molar-refractivity contribution is 9.10. The Morgan fingerprint density at radius 2 is 2.18 bits per heavy atom. The number of aliphatic hydroxyl groups is 1. The van der Waals surface area contributed by atoms with E-state index in [9.17, 15) is 9.50 Å². The minimum absolute atomic E-state index is 0.107. The van der Waals surface area contributed by atoms with E-state index in [1.165, 1.54) is 12.1 Å². The van der Waals surface area contributed by atoms with Crippen LogP contribution in [0.5, 0.6) is 5.75 Å². The zero-order valence-electron chi connectivity index (χ0n) is 9.96. The van der Waals surface area contributed by atoms with Gasteiger partial charge in [0, 0.05) is 17.1 Å². The predicted molar refractivity (Wildman–Crippen MR) is 68.8 cm³/mol. The number of likely N-dealkylation sites (N-methyl/N-ethyl adjacent to an activating group) is 1. The molecule has 5 heteroatoms. The van der Waals surface area contributed by atoms with Crippen LogP contribution in [-0.4, -0.2) is 30.4 Å². The summed E-state index contributed by atoms with van der Waals surface area (Å²) in [4.78, 5) is 0. The number of hydrogen-bond acceptors (Lipinski definition) is 3. The molecule has 0 aliphatic carbocycles. The summed E-state index contributed by atoms with van der Waals surface area (Å²) in [6.07, 6.45) is 0. The maximum absolute atomic E-state index is 13.1. The summed E-state index contributed by atoms with van der Waals surface area (Å²) < 4.78 is 19.0. The van der Waals surface area contributed by atoms with Crippen LogP contribution >= 0.6 is 15.9 Å². The molecule has 0 saturated heterocycles. The van der Waals surface area contributed by atoms with Crippen LogP contribution in [0.15, 0.2) is 22.7 Å². The van der Waals surface area contributed by atoms with Gasteiger partial charge in [0.1, 0.15) is 23.8 Å². The molecule has 0 bridgehead atoms. The molecule has 0 saturated carbocycles. The lowest BCUT2D eigenvalue weighted by Gasteiger charge is -2.23. The van der Waals surface area contributed by atoms with E-state index >= 15 is 0 Å². The Morgan fingerprint density at radius 3 is 2.76 bits per heavy atom. The van der Waals surface area contributed by atoms with Gasteiger partial charge in [-0.2, -0.15) is 0 Å². The van der Waals surface area contributed by atoms with Crippen LogP contribution in [0.25, 0.3) is 0 Å². The lowest BCUT2D eigenvalue weighted by molar-refractivity contribution is 0.0126. The highest BCUT2D eigenvalue weighted by atomic mass is 79.9. The third-order valence-electron chi connectivity index (χ3n) is 2.14. The molecule has 2 N–H and O–H groups in total. The molecule has 0 aliphatic heterocycles. The third-order valence-corrected chi connectivity index (χ3v) is 2.60. The minimum Gasteiger partial charge on any atom is -0.490 e. The molecule has 1 unspecified atom stereocenters. The van der Waals surface area contributed by atoms with Gasteiger partial charge in [-0.1, -0.05) is 22.9 Å². The Balaban J connectivity index is 2.54. The zero-order chi connectivity index (χ0) is 12.9. The van der Waals surface area contributed by atoms with Gasteiger partial charge in [0.25, 0.3) is 0 Å². The largest absolute Gasteiger partial charge is 0.490 e. The molecule has 1 aromatic rings. The molecular weight excluding hydrogens is 289 g/mol. The van der Waals surface area contributed by atoms with Crippen molar-refractivity contribution in [3.63, 3.8) is 0 Å². The van der Waals surface area contributed by atoms with Gasteiger partial charge in [-0.3, -0.25) is 0 Å². The fourth-order valence-corrected chi connectivity index (χ4v) is 1.74. The first kappa shape index (κ1) is 14.4. The summed E-state index contributed by atoms with van der Waals surface area (Å²) in [7, 11) is 0. The summed E-state index contributed by atoms with van der Waals surface area (Å²) in [5, 5.41) is 13.0. The maximum atomic E-state index is 13.1. The van der Waals surface area contributed by atoms with Crippen molar-refractivity contribution in [2.45, 2.75) is 19.4 Å². The number of hydrogen-bond donors (Lipinski definition) is 2. The smallest absolute Gasteiger partial charge is 0.128 e. The van der Waals surface area contributed by atoms with Crippen LogP contribution < -0.4 is 10.1 Å². The molecule has 0 fully saturated rings. The molecular formula is C12H17BrFNO2. The van der Waals surface area contributed by atoms with E-state index in [1.54, 1.807) is 13.0 Å². The Kier molecular flexibility index (Phi) is 5.36. The monoisotopic (exact) mass is 305 g/mol. The fourth-order valence-electron chi connectivity index (χ4n) is 1.30. The predicted octanol–water partition coefficient (Wildman–Crippen LogP) is 2.33. The zero-order valence-corrected chi connectivity index (χ0v) is 11.6. The standard InChI is InChI=1S/C12H17BrFNO2/c1-3-15-7-12(2,16)8-17-11-5-9(13)4-10(14)6-11/h4-6,15-16H,3,7-8H2,1-2H3. The van der Waals surface area contributed by atoms with Crippen LogP contribution in [0.1, 0.15) is 13.8 Å². The average Bonchev–Trinajstić information content (AvgIpc) is 2.23. The van der Waals surface area contributed by atoms with Crippen LogP contribution in [-0.2, 0) is 0 Å². The number of nitrogens with one attached hydrogen (secondary N) is 1. The van der Waals surface area contributed by atoms with Gasteiger partial charge in [0.05, 0.1) is 0 Å². The van der Waals surface area contributed by atoms with Gasteiger partial charge in [0.2, 0.25) is 0 Å². The van der Waals surface area contributed by atoms with E-state index in [2.05, 4.69) is 21.2 Å². The number of rotatable bonds is 6. The third kappa shape index (κ3) is 5.48. The van der Waals surface area contributed by atoms with E-state index in [0.717, 1.165) is 6.54 Å². The molecule has 17 heavy (non-hydrogen) atoms. The Hall–Kier alpha value is -0.650. The summed E-state index contributed by atoms with van der Waals surface area (Å²) in [6.45, 7) is 4.95. The van der Waals surface area contributed by atoms with Gasteiger partial charge in [-0.05, 0) is 25.6 Å². The van der Waals surface area contributed by atoms with Crippen LogP contribution in [0.3, 0.4) is 0 Å². The van der Waals surface area contributed by atoms with Crippen molar-refractivity contribution in [3.05, 3.63) is 28.5 Å². The molecule has 0 spiro atoms. The molecule has 0 amide bonds. The number of benzene rings is 1. The molecule has 0 radical (unpaired) electrons. The number of halogens is 2. The fraction of sp³-hybridized carbons (Fsp3) is 0.500. The van der Waals surface area contributed by atoms with Gasteiger partial charge in [-0.25, -0.2) is 4.39 Å². The molecule has 0 aliphatic rings. The van der Waals surface area contributed by atoms with Crippen LogP contribution in [0.2, 0.25) is 0 Å². The average molecular weight is 306 g/mol. The Bertz CT molecular complexity index is 351. The summed E-state index contributed by atoms with van der Waals surface area (Å²) in [6, 6.07) is 4.30. The first-order valence-corrected chi connectivity index (χ1v) is 6.24. The molecule has 1 aromatic carbocycles. The highest BCUT2D eigenvalue weighted by Gasteiger charge is 2.20. The van der Waals surface area contributed by atoms with E-state index < -0.39 is 5.60 Å². The topological polar surface area (TPSA) is 41.5 Å². The second kappa shape index (κ2) is 6.33. The van der Waals surface area contributed by atoms with Gasteiger partial charge < -0.3 is 15.2 Å². The second-order valence-corrected chi connectivity index (χ2v) is 5.09. The molecule has 0 aromatic heterocycles. The van der Waals surface area contributed by atoms with Crippen molar-refractivity contribution in [2.75, 3.05) is 19.7 Å². The van der Waals surface area contributed by atoms with Crippen molar-refractivity contribution in [3.8, 4) is 5.75 Å². The van der Waals surface area contributed by atoms with E-state index in [4.69, 9.17) is 4.74 Å². The second-order valence-electron chi connectivity index (χ2n) is 4.17. The van der Waals surface area contributed by atoms with Crippen molar-refractivity contribution >= 4 is 15.9 Å². The molecule has 1 atom stereocenters. The highest BCUT2D eigenvalue weighted by Crippen LogP contribution is 2.21. The maximum Gasteiger partial charge on any atom is 0.128 e. The Morgan fingerprint density at radius 1 is 1.47 bits per heavy atom. The SMILES string of the molecule is CCNCC(C)(O)COc1cc(F)cc(Br)c1. The quantitative estimate of drug-likeness (QED) is 0.847. The van der Waals surface area contributed by atoms with Crippen molar-refractivity contribution in [1.82, 2.24) is 5.32 Å². The molecule has 3 nitrogen and oxygen atoms in total. The molecule has 96 valence electrons. The minimum atomic E-state index is -0.977. The summed E-state index contributed by atoms with van der Waals surface area (Å²) in [5.41, 5.74) is -0.977. The van der Waals surface area contributed by atoms with E-state index in [0.29, 0.717) is 16.8 Å². The van der Waals surface area contributed by atoms with E-state index in [1.807, 2.05) is 6.92 Å². The summed E-state index contributed by atoms with van der Waals surface area (Å²) >= 11 is 3.18. The Labute approximate surface area is 109 Å². The van der Waals surface area contributed by atoms with Crippen LogP contribution in [0, 0.1) is 5.82 Å². The van der Waals surface area contributed by atoms with Gasteiger partial charge in [-0.15, -0.1) is 0 Å². The van der Waals surface area contributed by atoms with Crippen molar-refractivity contribution in [1.29, 1.82) is 0 Å². The molecule has 1 rings (SSSR count). The first-order valence-electron chi connectivity index (χ1n) is 5.45. The van der Waals surface area contributed by atoms with Crippen LogP contribution in [0.4, 0.5) is 4.39 Å².